The summed E-state index contributed by atoms with van der Waals surface area (Å²) in [5, 5.41) is 9.96. The van der Waals surface area contributed by atoms with Gasteiger partial charge in [-0.2, -0.15) is 0 Å². The van der Waals surface area contributed by atoms with Crippen molar-refractivity contribution in [1.82, 2.24) is 0 Å². The van der Waals surface area contributed by atoms with Crippen LogP contribution in [0.1, 0.15) is 22.7 Å². The lowest BCUT2D eigenvalue weighted by molar-refractivity contribution is 0.174. The van der Waals surface area contributed by atoms with Crippen LogP contribution >= 0.6 is 0 Å². The number of rotatable bonds is 4. The van der Waals surface area contributed by atoms with Gasteiger partial charge in [-0.3, -0.25) is 4.99 Å². The second kappa shape index (κ2) is 6.69. The predicted octanol–water partition coefficient (Wildman–Crippen LogP) is 4.33. The Hall–Kier alpha value is -3.27. The first-order valence-corrected chi connectivity index (χ1v) is 8.07. The molecular weight excluding hydrogens is 314 g/mol. The molecule has 0 radical (unpaired) electrons. The molecular formula is C21H17NO3. The summed E-state index contributed by atoms with van der Waals surface area (Å²) in [5.74, 6) is 1.69. The Bertz CT molecular complexity index is 906. The molecule has 0 aromatic heterocycles. The quantitative estimate of drug-likeness (QED) is 0.724. The monoisotopic (exact) mass is 331 g/mol. The first kappa shape index (κ1) is 15.3. The number of aromatic hydroxyl groups is 1. The van der Waals surface area contributed by atoms with Gasteiger partial charge < -0.3 is 14.6 Å². The molecule has 4 nitrogen and oxygen atoms in total. The number of hydrogen-bond donors (Lipinski definition) is 1. The molecule has 4 heteroatoms. The average molecular weight is 331 g/mol. The number of aliphatic imine (C=N–C) groups is 1. The third kappa shape index (κ3) is 3.19. The summed E-state index contributed by atoms with van der Waals surface area (Å²) in [7, 11) is 0. The van der Waals surface area contributed by atoms with Crippen LogP contribution in [0.25, 0.3) is 0 Å². The van der Waals surface area contributed by atoms with Crippen molar-refractivity contribution < 1.29 is 14.6 Å². The third-order valence-corrected chi connectivity index (χ3v) is 4.13. The maximum atomic E-state index is 9.96. The van der Waals surface area contributed by atoms with Gasteiger partial charge in [-0.15, -0.1) is 0 Å². The molecule has 3 aromatic rings. The van der Waals surface area contributed by atoms with Gasteiger partial charge in [0.15, 0.2) is 11.5 Å². The summed E-state index contributed by atoms with van der Waals surface area (Å²) in [6, 6.07) is 22.9. The SMILES string of the molecule is Oc1ccccc1C=N[C@H](c1ccccc1)c1ccc2c(c1)OCO2. The standard InChI is InChI=1S/C21H17NO3/c23-18-9-5-4-8-17(18)13-22-21(15-6-2-1-3-7-15)16-10-11-19-20(12-16)25-14-24-19/h1-13,21,23H,14H2/t21-/m1/s1. The van der Waals surface area contributed by atoms with E-state index in [1.807, 2.05) is 60.7 Å². The second-order valence-electron chi connectivity index (χ2n) is 5.76. The van der Waals surface area contributed by atoms with E-state index in [1.54, 1.807) is 18.3 Å². The highest BCUT2D eigenvalue weighted by atomic mass is 16.7. The normalized spacial score (nSPS) is 13.9. The summed E-state index contributed by atoms with van der Waals surface area (Å²) in [6.07, 6.45) is 1.71. The minimum Gasteiger partial charge on any atom is -0.507 e. The average Bonchev–Trinajstić information content (AvgIpc) is 3.12. The molecule has 0 aliphatic carbocycles. The molecule has 0 unspecified atom stereocenters. The second-order valence-corrected chi connectivity index (χ2v) is 5.76. The van der Waals surface area contributed by atoms with E-state index in [-0.39, 0.29) is 18.6 Å². The van der Waals surface area contributed by atoms with Gasteiger partial charge in [0, 0.05) is 11.8 Å². The van der Waals surface area contributed by atoms with Gasteiger partial charge in [0.25, 0.3) is 0 Å². The first-order valence-electron chi connectivity index (χ1n) is 8.07. The molecule has 1 heterocycles. The zero-order valence-corrected chi connectivity index (χ0v) is 13.5. The summed E-state index contributed by atoms with van der Waals surface area (Å²) < 4.78 is 10.9. The Morgan fingerprint density at radius 2 is 1.60 bits per heavy atom. The van der Waals surface area contributed by atoms with Crippen LogP contribution in [0.5, 0.6) is 17.2 Å². The molecule has 0 spiro atoms. The van der Waals surface area contributed by atoms with Gasteiger partial charge in [-0.25, -0.2) is 0 Å². The zero-order chi connectivity index (χ0) is 17.1. The van der Waals surface area contributed by atoms with Crippen molar-refractivity contribution in [3.05, 3.63) is 89.5 Å². The lowest BCUT2D eigenvalue weighted by Gasteiger charge is -2.14. The molecule has 1 atom stereocenters. The highest BCUT2D eigenvalue weighted by molar-refractivity contribution is 5.83. The zero-order valence-electron chi connectivity index (χ0n) is 13.5. The molecule has 3 aromatic carbocycles. The molecule has 0 amide bonds. The molecule has 1 N–H and O–H groups in total. The van der Waals surface area contributed by atoms with Crippen LogP contribution in [0.15, 0.2) is 77.8 Å². The highest BCUT2D eigenvalue weighted by Crippen LogP contribution is 2.37. The molecule has 0 saturated heterocycles. The van der Waals surface area contributed by atoms with Crippen LogP contribution in [-0.4, -0.2) is 18.1 Å². The van der Waals surface area contributed by atoms with Gasteiger partial charge in [0.05, 0.1) is 0 Å². The van der Waals surface area contributed by atoms with Gasteiger partial charge in [0.2, 0.25) is 6.79 Å². The fourth-order valence-electron chi connectivity index (χ4n) is 2.83. The number of benzene rings is 3. The fourth-order valence-corrected chi connectivity index (χ4v) is 2.83. The maximum Gasteiger partial charge on any atom is 0.231 e. The van der Waals surface area contributed by atoms with Crippen LogP contribution < -0.4 is 9.47 Å². The minimum absolute atomic E-state index is 0.199. The van der Waals surface area contributed by atoms with Crippen LogP contribution in [0.2, 0.25) is 0 Å². The van der Waals surface area contributed by atoms with E-state index in [4.69, 9.17) is 14.5 Å². The Kier molecular flexibility index (Phi) is 4.09. The Morgan fingerprint density at radius 1 is 0.840 bits per heavy atom. The van der Waals surface area contributed by atoms with E-state index >= 15 is 0 Å². The van der Waals surface area contributed by atoms with Crippen LogP contribution in [0, 0.1) is 0 Å². The predicted molar refractivity (Wildman–Crippen MR) is 96.6 cm³/mol. The summed E-state index contributed by atoms with van der Waals surface area (Å²) >= 11 is 0. The van der Waals surface area contributed by atoms with E-state index in [0.717, 1.165) is 22.6 Å². The van der Waals surface area contributed by atoms with Crippen LogP contribution in [-0.2, 0) is 0 Å². The highest BCUT2D eigenvalue weighted by Gasteiger charge is 2.18. The molecule has 1 aliphatic heterocycles. The summed E-state index contributed by atoms with van der Waals surface area (Å²) in [6.45, 7) is 0.246. The van der Waals surface area contributed by atoms with E-state index in [1.165, 1.54) is 0 Å². The van der Waals surface area contributed by atoms with E-state index in [9.17, 15) is 5.11 Å². The Morgan fingerprint density at radius 3 is 2.44 bits per heavy atom. The van der Waals surface area contributed by atoms with Crippen molar-refractivity contribution in [3.63, 3.8) is 0 Å². The maximum absolute atomic E-state index is 9.96. The smallest absolute Gasteiger partial charge is 0.231 e. The van der Waals surface area contributed by atoms with Crippen LogP contribution in [0.4, 0.5) is 0 Å². The molecule has 0 saturated carbocycles. The molecule has 0 bridgehead atoms. The molecule has 25 heavy (non-hydrogen) atoms. The Labute approximate surface area is 146 Å². The van der Waals surface area contributed by atoms with Gasteiger partial charge in [-0.05, 0) is 35.4 Å². The number of ether oxygens (including phenoxy) is 2. The van der Waals surface area contributed by atoms with Crippen molar-refractivity contribution in [2.24, 2.45) is 4.99 Å². The third-order valence-electron chi connectivity index (χ3n) is 4.13. The Balaban J connectivity index is 1.74. The van der Waals surface area contributed by atoms with Crippen molar-refractivity contribution >= 4 is 6.21 Å². The largest absolute Gasteiger partial charge is 0.507 e. The van der Waals surface area contributed by atoms with Crippen LogP contribution in [0.3, 0.4) is 0 Å². The van der Waals surface area contributed by atoms with Crippen molar-refractivity contribution in [2.75, 3.05) is 6.79 Å². The lowest BCUT2D eigenvalue weighted by Crippen LogP contribution is -1.99. The lowest BCUT2D eigenvalue weighted by atomic mass is 9.99. The van der Waals surface area contributed by atoms with E-state index in [0.29, 0.717) is 5.56 Å². The number of nitrogens with zero attached hydrogens (tertiary/aromatic N) is 1. The van der Waals surface area contributed by atoms with Gasteiger partial charge >= 0.3 is 0 Å². The molecule has 4 rings (SSSR count). The van der Waals surface area contributed by atoms with Gasteiger partial charge in [-0.1, -0.05) is 48.5 Å². The van der Waals surface area contributed by atoms with E-state index < -0.39 is 0 Å². The topological polar surface area (TPSA) is 51.1 Å². The summed E-state index contributed by atoms with van der Waals surface area (Å²) in [5.41, 5.74) is 2.75. The van der Waals surface area contributed by atoms with Gasteiger partial charge in [0.1, 0.15) is 11.8 Å². The number of hydrogen-bond acceptors (Lipinski definition) is 4. The number of fused-ring (bicyclic) bond motifs is 1. The minimum atomic E-state index is -0.199. The fraction of sp³-hybridized carbons (Fsp3) is 0.0952. The summed E-state index contributed by atoms with van der Waals surface area (Å²) in [4.78, 5) is 4.74. The molecule has 1 aliphatic rings. The van der Waals surface area contributed by atoms with E-state index in [2.05, 4.69) is 0 Å². The number of phenolic OH excluding ortho intramolecular Hbond substituents is 1. The molecule has 124 valence electrons. The van der Waals surface area contributed by atoms with Crippen molar-refractivity contribution in [3.8, 4) is 17.2 Å². The first-order chi connectivity index (χ1) is 12.3. The molecule has 0 fully saturated rings. The van der Waals surface area contributed by atoms with Crippen molar-refractivity contribution in [1.29, 1.82) is 0 Å². The van der Waals surface area contributed by atoms with Crippen molar-refractivity contribution in [2.45, 2.75) is 6.04 Å². The number of para-hydroxylation sites is 1. The number of phenols is 1.